The quantitative estimate of drug-likeness (QED) is 0.878. The maximum absolute atomic E-state index is 11.6. The third kappa shape index (κ3) is 1.91. The molecule has 94 valence electrons. The van der Waals surface area contributed by atoms with Gasteiger partial charge in [-0.15, -0.1) is 0 Å². The molecule has 0 radical (unpaired) electrons. The van der Waals surface area contributed by atoms with Crippen LogP contribution in [0.2, 0.25) is 0 Å². The van der Waals surface area contributed by atoms with Gasteiger partial charge in [0.25, 0.3) is 0 Å². The molecular formula is C12H13N3O3. The van der Waals surface area contributed by atoms with Crippen LogP contribution < -0.4 is 5.73 Å². The normalized spacial score (nSPS) is 19.5. The number of fused-ring (bicyclic) bond motifs is 1. The summed E-state index contributed by atoms with van der Waals surface area (Å²) in [4.78, 5) is 17.3. The zero-order valence-electron chi connectivity index (χ0n) is 9.70. The molecule has 0 bridgehead atoms. The highest BCUT2D eigenvalue weighted by molar-refractivity contribution is 5.73. The molecule has 1 unspecified atom stereocenters. The minimum Gasteiger partial charge on any atom is -0.443 e. The van der Waals surface area contributed by atoms with Gasteiger partial charge in [-0.3, -0.25) is 0 Å². The first-order chi connectivity index (χ1) is 8.76. The molecule has 2 aromatic rings. The molecule has 1 aliphatic rings. The second-order valence-electron chi connectivity index (χ2n) is 4.28. The Bertz CT molecular complexity index is 581. The van der Waals surface area contributed by atoms with Crippen LogP contribution in [0.4, 0.5) is 4.79 Å². The van der Waals surface area contributed by atoms with Crippen LogP contribution in [0.15, 0.2) is 29.0 Å². The fourth-order valence-corrected chi connectivity index (χ4v) is 2.04. The number of carbonyl (C=O) groups is 1. The molecule has 6 nitrogen and oxygen atoms in total. The largest absolute Gasteiger partial charge is 0.443 e. The van der Waals surface area contributed by atoms with E-state index in [-0.39, 0.29) is 12.2 Å². The molecule has 0 spiro atoms. The van der Waals surface area contributed by atoms with E-state index in [1.54, 1.807) is 4.90 Å². The third-order valence-corrected chi connectivity index (χ3v) is 2.98. The van der Waals surface area contributed by atoms with Gasteiger partial charge in [-0.2, -0.15) is 0 Å². The van der Waals surface area contributed by atoms with Gasteiger partial charge in [0.1, 0.15) is 11.6 Å². The highest BCUT2D eigenvalue weighted by atomic mass is 16.6. The molecule has 2 N–H and O–H groups in total. The molecule has 0 saturated carbocycles. The Balaban J connectivity index is 1.77. The smallest absolute Gasteiger partial charge is 0.410 e. The summed E-state index contributed by atoms with van der Waals surface area (Å²) in [7, 11) is 0. The van der Waals surface area contributed by atoms with Gasteiger partial charge in [-0.05, 0) is 17.7 Å². The summed E-state index contributed by atoms with van der Waals surface area (Å²) in [5, 5.41) is 0. The third-order valence-electron chi connectivity index (χ3n) is 2.98. The first kappa shape index (κ1) is 11.0. The molecular weight excluding hydrogens is 234 g/mol. The minimum absolute atomic E-state index is 0.202. The molecule has 18 heavy (non-hydrogen) atoms. The second-order valence-corrected chi connectivity index (χ2v) is 4.28. The van der Waals surface area contributed by atoms with Crippen molar-refractivity contribution in [3.8, 4) is 0 Å². The van der Waals surface area contributed by atoms with Crippen molar-refractivity contribution in [1.29, 1.82) is 0 Å². The summed E-state index contributed by atoms with van der Waals surface area (Å²) < 4.78 is 10.3. The van der Waals surface area contributed by atoms with Crippen molar-refractivity contribution >= 4 is 17.2 Å². The van der Waals surface area contributed by atoms with Crippen molar-refractivity contribution in [3.63, 3.8) is 0 Å². The lowest BCUT2D eigenvalue weighted by Gasteiger charge is -2.12. The van der Waals surface area contributed by atoms with Gasteiger partial charge in [-0.1, -0.05) is 6.07 Å². The second kappa shape index (κ2) is 4.30. The van der Waals surface area contributed by atoms with Crippen molar-refractivity contribution < 1.29 is 13.9 Å². The molecule has 2 heterocycles. The number of aromatic nitrogens is 1. The molecule has 1 atom stereocenters. The summed E-state index contributed by atoms with van der Waals surface area (Å²) in [6.07, 6.45) is 0.887. The predicted molar refractivity (Wildman–Crippen MR) is 63.7 cm³/mol. The molecule has 0 aliphatic carbocycles. The van der Waals surface area contributed by atoms with Crippen molar-refractivity contribution in [3.05, 3.63) is 30.2 Å². The van der Waals surface area contributed by atoms with E-state index in [0.717, 1.165) is 16.7 Å². The summed E-state index contributed by atoms with van der Waals surface area (Å²) in [5.74, 6) is 0. The van der Waals surface area contributed by atoms with E-state index in [9.17, 15) is 4.79 Å². The van der Waals surface area contributed by atoms with Crippen LogP contribution in [0.3, 0.4) is 0 Å². The molecule has 1 amide bonds. The first-order valence-corrected chi connectivity index (χ1v) is 5.74. The number of cyclic esters (lactones) is 1. The Labute approximate surface area is 103 Å². The van der Waals surface area contributed by atoms with Crippen molar-refractivity contribution in [2.24, 2.45) is 5.73 Å². The zero-order chi connectivity index (χ0) is 12.5. The van der Waals surface area contributed by atoms with Crippen molar-refractivity contribution in [2.45, 2.75) is 12.6 Å². The molecule has 1 aliphatic heterocycles. The van der Waals surface area contributed by atoms with E-state index in [1.807, 2.05) is 18.2 Å². The Hall–Kier alpha value is -2.08. The predicted octanol–water partition coefficient (Wildman–Crippen LogP) is 1.11. The van der Waals surface area contributed by atoms with Gasteiger partial charge in [0.2, 0.25) is 0 Å². The van der Waals surface area contributed by atoms with E-state index < -0.39 is 0 Å². The lowest BCUT2D eigenvalue weighted by atomic mass is 10.2. The molecule has 3 rings (SSSR count). The number of nitrogens with two attached hydrogens (primary N) is 1. The fraction of sp³-hybridized carbons (Fsp3) is 0.333. The van der Waals surface area contributed by atoms with Gasteiger partial charge in [0.05, 0.1) is 6.54 Å². The Morgan fingerprint density at radius 3 is 3.17 bits per heavy atom. The standard InChI is InChI=1S/C12H13N3O3/c13-4-9-6-15(12(16)18-9)5-8-1-2-10-11(3-8)17-7-14-10/h1-3,7,9H,4-6,13H2. The number of rotatable bonds is 3. The number of hydrogen-bond acceptors (Lipinski definition) is 5. The number of oxazole rings is 1. The molecule has 1 aromatic carbocycles. The molecule has 1 saturated heterocycles. The summed E-state index contributed by atoms with van der Waals surface area (Å²) >= 11 is 0. The van der Waals surface area contributed by atoms with Crippen LogP contribution in [-0.2, 0) is 11.3 Å². The van der Waals surface area contributed by atoms with E-state index in [1.165, 1.54) is 6.39 Å². The fourth-order valence-electron chi connectivity index (χ4n) is 2.04. The number of carbonyl (C=O) groups excluding carboxylic acids is 1. The minimum atomic E-state index is -0.317. The zero-order valence-corrected chi connectivity index (χ0v) is 9.70. The SMILES string of the molecule is NCC1CN(Cc2ccc3ncoc3c2)C(=O)O1. The van der Waals surface area contributed by atoms with E-state index in [0.29, 0.717) is 19.6 Å². The molecule has 1 aromatic heterocycles. The number of nitrogens with zero attached hydrogens (tertiary/aromatic N) is 2. The number of benzene rings is 1. The topological polar surface area (TPSA) is 81.6 Å². The Morgan fingerprint density at radius 1 is 1.50 bits per heavy atom. The first-order valence-electron chi connectivity index (χ1n) is 5.74. The van der Waals surface area contributed by atoms with Crippen LogP contribution in [0.25, 0.3) is 11.1 Å². The Kier molecular flexibility index (Phi) is 2.64. The van der Waals surface area contributed by atoms with Gasteiger partial charge in [0, 0.05) is 13.1 Å². The number of amides is 1. The van der Waals surface area contributed by atoms with Crippen LogP contribution in [0.5, 0.6) is 0 Å². The van der Waals surface area contributed by atoms with Crippen molar-refractivity contribution in [2.75, 3.05) is 13.1 Å². The number of ether oxygens (including phenoxy) is 1. The summed E-state index contributed by atoms with van der Waals surface area (Å²) in [6.45, 7) is 1.37. The van der Waals surface area contributed by atoms with Gasteiger partial charge in [0.15, 0.2) is 12.0 Å². The Morgan fingerprint density at radius 2 is 2.39 bits per heavy atom. The lowest BCUT2D eigenvalue weighted by Crippen LogP contribution is -2.27. The van der Waals surface area contributed by atoms with Crippen LogP contribution >= 0.6 is 0 Å². The van der Waals surface area contributed by atoms with E-state index in [2.05, 4.69) is 4.98 Å². The van der Waals surface area contributed by atoms with E-state index in [4.69, 9.17) is 14.9 Å². The van der Waals surface area contributed by atoms with Crippen LogP contribution in [0, 0.1) is 0 Å². The van der Waals surface area contributed by atoms with Crippen LogP contribution in [-0.4, -0.2) is 35.2 Å². The van der Waals surface area contributed by atoms with Gasteiger partial charge >= 0.3 is 6.09 Å². The molecule has 1 fully saturated rings. The van der Waals surface area contributed by atoms with Crippen molar-refractivity contribution in [1.82, 2.24) is 9.88 Å². The number of hydrogen-bond donors (Lipinski definition) is 1. The maximum atomic E-state index is 11.6. The maximum Gasteiger partial charge on any atom is 0.410 e. The van der Waals surface area contributed by atoms with Crippen LogP contribution in [0.1, 0.15) is 5.56 Å². The summed E-state index contributed by atoms with van der Waals surface area (Å²) in [6, 6.07) is 5.68. The lowest BCUT2D eigenvalue weighted by molar-refractivity contribution is 0.134. The monoisotopic (exact) mass is 247 g/mol. The van der Waals surface area contributed by atoms with Gasteiger partial charge < -0.3 is 19.8 Å². The summed E-state index contributed by atoms with van der Waals surface area (Å²) in [5.41, 5.74) is 7.99. The highest BCUT2D eigenvalue weighted by Gasteiger charge is 2.30. The van der Waals surface area contributed by atoms with Gasteiger partial charge in [-0.25, -0.2) is 9.78 Å². The average molecular weight is 247 g/mol. The average Bonchev–Trinajstić information content (AvgIpc) is 2.96. The highest BCUT2D eigenvalue weighted by Crippen LogP contribution is 2.18. The molecule has 6 heteroatoms. The van der Waals surface area contributed by atoms with E-state index >= 15 is 0 Å².